The molecule has 3 atom stereocenters. The summed E-state index contributed by atoms with van der Waals surface area (Å²) in [6, 6.07) is 8.29. The first kappa shape index (κ1) is 27.5. The number of aliphatic carboxylic acids is 1. The molecule has 1 aliphatic heterocycles. The topological polar surface area (TPSA) is 101 Å². The molecule has 1 amide bonds. The van der Waals surface area contributed by atoms with Gasteiger partial charge in [-0.15, -0.1) is 0 Å². The fraction of sp³-hybridized carbons (Fsp3) is 0.417. The molecule has 1 saturated heterocycles. The quantitative estimate of drug-likeness (QED) is 0.501. The van der Waals surface area contributed by atoms with E-state index in [-0.39, 0.29) is 28.6 Å². The Bertz CT molecular complexity index is 1330. The van der Waals surface area contributed by atoms with Crippen molar-refractivity contribution in [1.82, 2.24) is 4.90 Å². The summed E-state index contributed by atoms with van der Waals surface area (Å²) in [6.45, 7) is 0.429. The normalized spacial score (nSPS) is 21.9. The molecule has 1 aliphatic carbocycles. The molecule has 0 radical (unpaired) electrons. The van der Waals surface area contributed by atoms with Crippen molar-refractivity contribution in [3.8, 4) is 5.75 Å². The van der Waals surface area contributed by atoms with Crippen molar-refractivity contribution in [2.75, 3.05) is 6.54 Å². The van der Waals surface area contributed by atoms with E-state index in [1.54, 1.807) is 24.3 Å². The van der Waals surface area contributed by atoms with Crippen molar-refractivity contribution < 1.29 is 41.0 Å². The van der Waals surface area contributed by atoms with E-state index in [4.69, 9.17) is 27.9 Å². The third-order valence-corrected chi connectivity index (χ3v) is 9.65. The van der Waals surface area contributed by atoms with Crippen molar-refractivity contribution in [2.45, 2.75) is 60.1 Å². The molecule has 13 heteroatoms. The summed E-state index contributed by atoms with van der Waals surface area (Å²) in [5, 5.41) is 8.60. The molecule has 200 valence electrons. The van der Waals surface area contributed by atoms with E-state index in [2.05, 4.69) is 0 Å². The average molecular weight is 580 g/mol. The second kappa shape index (κ2) is 9.67. The van der Waals surface area contributed by atoms with Crippen LogP contribution in [0, 0.1) is 0 Å². The summed E-state index contributed by atoms with van der Waals surface area (Å²) in [7, 11) is -4.26. The molecule has 4 rings (SSSR count). The molecule has 37 heavy (non-hydrogen) atoms. The lowest BCUT2D eigenvalue weighted by Gasteiger charge is -2.27. The number of benzene rings is 2. The van der Waals surface area contributed by atoms with E-state index < -0.39 is 50.7 Å². The molecule has 0 aromatic heterocycles. The van der Waals surface area contributed by atoms with Crippen LogP contribution >= 0.6 is 23.2 Å². The highest BCUT2D eigenvalue weighted by Crippen LogP contribution is 2.51. The number of carbonyl (C=O) groups excluding carboxylic acids is 1. The maximum Gasteiger partial charge on any atom is 0.425 e. The second-order valence-electron chi connectivity index (χ2n) is 9.20. The zero-order valence-electron chi connectivity index (χ0n) is 19.3. The Labute approximate surface area is 221 Å². The zero-order chi connectivity index (χ0) is 27.3. The number of hydrogen-bond acceptors (Lipinski definition) is 5. The molecule has 0 spiro atoms. The fourth-order valence-corrected chi connectivity index (χ4v) is 6.87. The molecular formula is C24H22Cl2F3NO6S. The summed E-state index contributed by atoms with van der Waals surface area (Å²) in [5.41, 5.74) is -0.271. The number of nitrogens with zero attached hydrogens (tertiary/aromatic N) is 1. The number of carboxylic acid groups (broad SMARTS) is 1. The number of carboxylic acids is 1. The van der Waals surface area contributed by atoms with Gasteiger partial charge in [0.25, 0.3) is 0 Å². The number of likely N-dealkylation sites (tertiary alicyclic amines) is 1. The van der Waals surface area contributed by atoms with Gasteiger partial charge in [-0.3, -0.25) is 4.79 Å². The minimum Gasteiger partial charge on any atom is -0.481 e. The maximum atomic E-state index is 13.5. The van der Waals surface area contributed by atoms with E-state index in [1.807, 2.05) is 0 Å². The van der Waals surface area contributed by atoms with Crippen LogP contribution in [0.3, 0.4) is 0 Å². The Morgan fingerprint density at radius 1 is 1.14 bits per heavy atom. The van der Waals surface area contributed by atoms with Gasteiger partial charge in [0.2, 0.25) is 5.91 Å². The Morgan fingerprint density at radius 2 is 1.76 bits per heavy atom. The Hall–Kier alpha value is -2.50. The second-order valence-corrected chi connectivity index (χ2v) is 12.2. The largest absolute Gasteiger partial charge is 0.481 e. The SMILES string of the molecule is C[C@H](Oc1ccc(S(=O)(=O)C2CC(C(=O)O)N(C(=O)C3(c4ccc(Cl)cc4)CC3)C2)c(Cl)c1)C(F)(F)F. The van der Waals surface area contributed by atoms with Crippen molar-refractivity contribution >= 4 is 44.9 Å². The van der Waals surface area contributed by atoms with E-state index in [1.165, 1.54) is 0 Å². The van der Waals surface area contributed by atoms with E-state index >= 15 is 0 Å². The van der Waals surface area contributed by atoms with Gasteiger partial charge in [-0.25, -0.2) is 13.2 Å². The van der Waals surface area contributed by atoms with Gasteiger partial charge in [-0.2, -0.15) is 13.2 Å². The van der Waals surface area contributed by atoms with Gasteiger partial charge in [0.1, 0.15) is 11.8 Å². The van der Waals surface area contributed by atoms with E-state index in [0.29, 0.717) is 23.4 Å². The first-order valence-electron chi connectivity index (χ1n) is 11.2. The number of alkyl halides is 3. The molecule has 2 fully saturated rings. The monoisotopic (exact) mass is 579 g/mol. The third-order valence-electron chi connectivity index (χ3n) is 6.79. The van der Waals surface area contributed by atoms with Crippen LogP contribution < -0.4 is 4.74 Å². The third kappa shape index (κ3) is 5.26. The van der Waals surface area contributed by atoms with E-state index in [0.717, 1.165) is 30.0 Å². The van der Waals surface area contributed by atoms with Crippen LogP contribution in [0.1, 0.15) is 31.7 Å². The predicted molar refractivity (Wildman–Crippen MR) is 129 cm³/mol. The summed E-state index contributed by atoms with van der Waals surface area (Å²) >= 11 is 12.1. The Kier molecular flexibility index (Phi) is 7.19. The van der Waals surface area contributed by atoms with Crippen LogP contribution in [0.5, 0.6) is 5.75 Å². The van der Waals surface area contributed by atoms with Crippen molar-refractivity contribution in [1.29, 1.82) is 0 Å². The molecule has 2 aliphatic rings. The van der Waals surface area contributed by atoms with Gasteiger partial charge in [-0.05, 0) is 56.0 Å². The number of rotatable bonds is 7. The molecule has 2 aromatic rings. The van der Waals surface area contributed by atoms with Crippen LogP contribution in [0.4, 0.5) is 13.2 Å². The minimum atomic E-state index is -4.63. The molecular weight excluding hydrogens is 558 g/mol. The fourth-order valence-electron chi connectivity index (χ4n) is 4.51. The molecule has 1 saturated carbocycles. The lowest BCUT2D eigenvalue weighted by atomic mass is 9.94. The van der Waals surface area contributed by atoms with Crippen LogP contribution in [0.2, 0.25) is 10.0 Å². The molecule has 2 unspecified atom stereocenters. The predicted octanol–water partition coefficient (Wildman–Crippen LogP) is 4.88. The number of sulfone groups is 1. The molecule has 1 heterocycles. The maximum absolute atomic E-state index is 13.5. The number of hydrogen-bond donors (Lipinski definition) is 1. The minimum absolute atomic E-state index is 0.279. The van der Waals surface area contributed by atoms with Gasteiger partial charge >= 0.3 is 12.1 Å². The van der Waals surface area contributed by atoms with Crippen LogP contribution in [-0.2, 0) is 24.8 Å². The van der Waals surface area contributed by atoms with Crippen LogP contribution in [-0.4, -0.2) is 60.4 Å². The van der Waals surface area contributed by atoms with Crippen LogP contribution in [0.25, 0.3) is 0 Å². The van der Waals surface area contributed by atoms with Crippen molar-refractivity contribution in [3.05, 3.63) is 58.1 Å². The van der Waals surface area contributed by atoms with Crippen LogP contribution in [0.15, 0.2) is 47.4 Å². The highest BCUT2D eigenvalue weighted by Gasteiger charge is 2.57. The van der Waals surface area contributed by atoms with Crippen molar-refractivity contribution in [3.63, 3.8) is 0 Å². The van der Waals surface area contributed by atoms with Gasteiger partial charge in [0.15, 0.2) is 15.9 Å². The lowest BCUT2D eigenvalue weighted by Crippen LogP contribution is -2.46. The molecule has 2 aromatic carbocycles. The highest BCUT2D eigenvalue weighted by atomic mass is 35.5. The van der Waals surface area contributed by atoms with E-state index in [9.17, 15) is 36.3 Å². The Morgan fingerprint density at radius 3 is 2.27 bits per heavy atom. The van der Waals surface area contributed by atoms with Gasteiger partial charge in [0.05, 0.1) is 20.6 Å². The van der Waals surface area contributed by atoms with Gasteiger partial charge < -0.3 is 14.7 Å². The summed E-state index contributed by atoms with van der Waals surface area (Å²) in [4.78, 5) is 26.2. The summed E-state index contributed by atoms with van der Waals surface area (Å²) in [6.07, 6.45) is -6.17. The first-order chi connectivity index (χ1) is 17.2. The summed E-state index contributed by atoms with van der Waals surface area (Å²) in [5.74, 6) is -2.09. The molecule has 7 nitrogen and oxygen atoms in total. The first-order valence-corrected chi connectivity index (χ1v) is 13.5. The number of amides is 1. The smallest absolute Gasteiger partial charge is 0.425 e. The standard InChI is InChI=1S/C24H22Cl2F3NO6S/c1-13(24(27,28)29)36-16-6-7-20(18(26)10-16)37(34,35)17-11-19(21(31)32)30(12-17)22(33)23(8-9-23)14-2-4-15(25)5-3-14/h2-7,10,13,17,19H,8-9,11-12H2,1H3,(H,31,32)/t13-,17?,19?/m0/s1. The van der Waals surface area contributed by atoms with Crippen molar-refractivity contribution in [2.24, 2.45) is 0 Å². The zero-order valence-corrected chi connectivity index (χ0v) is 21.7. The van der Waals surface area contributed by atoms with Gasteiger partial charge in [0, 0.05) is 17.6 Å². The summed E-state index contributed by atoms with van der Waals surface area (Å²) < 4.78 is 70.0. The molecule has 1 N–H and O–H groups in total. The van der Waals surface area contributed by atoms with Gasteiger partial charge in [-0.1, -0.05) is 35.3 Å². The lowest BCUT2D eigenvalue weighted by molar-refractivity contribution is -0.189. The molecule has 0 bridgehead atoms. The average Bonchev–Trinajstić information content (AvgIpc) is 3.48. The number of halogens is 5. The Balaban J connectivity index is 1.58. The highest BCUT2D eigenvalue weighted by molar-refractivity contribution is 7.92. The number of ether oxygens (including phenoxy) is 1. The number of carbonyl (C=O) groups is 2.